The highest BCUT2D eigenvalue weighted by atomic mass is 16.5. The average molecular weight is 380 g/mol. The summed E-state index contributed by atoms with van der Waals surface area (Å²) in [6.45, 7) is 0.587. The van der Waals surface area contributed by atoms with Gasteiger partial charge < -0.3 is 9.47 Å². The summed E-state index contributed by atoms with van der Waals surface area (Å²) in [5, 5.41) is 9.46. The quantitative estimate of drug-likeness (QED) is 0.328. The van der Waals surface area contributed by atoms with Gasteiger partial charge in [0.15, 0.2) is 0 Å². The summed E-state index contributed by atoms with van der Waals surface area (Å²) in [6.07, 6.45) is 2.78. The van der Waals surface area contributed by atoms with Crippen molar-refractivity contribution in [3.05, 3.63) is 54.6 Å². The predicted molar refractivity (Wildman–Crippen MR) is 108 cm³/mol. The van der Waals surface area contributed by atoms with Gasteiger partial charge in [0.05, 0.1) is 24.9 Å². The second-order valence-electron chi connectivity index (χ2n) is 6.47. The standard InChI is InChI=1S/C22H24N2O4/c1-27-18-9-6-16(7-10-18)20-12-8-17-15-19(11-13-21(17)23-20)28-14-4-2-3-5-22(25)24-26/h6-13,15,26H,2-5,14H2,1H3,(H,24,25). The first-order valence-electron chi connectivity index (χ1n) is 9.30. The Morgan fingerprint density at radius 3 is 2.54 bits per heavy atom. The number of benzene rings is 2. The summed E-state index contributed by atoms with van der Waals surface area (Å²) >= 11 is 0. The number of methoxy groups -OCH3 is 1. The van der Waals surface area contributed by atoms with Crippen LogP contribution in [0.5, 0.6) is 11.5 Å². The van der Waals surface area contributed by atoms with E-state index >= 15 is 0 Å². The number of nitrogens with one attached hydrogen (secondary N) is 1. The van der Waals surface area contributed by atoms with Crippen LogP contribution in [0.2, 0.25) is 0 Å². The molecule has 2 N–H and O–H groups in total. The van der Waals surface area contributed by atoms with E-state index in [-0.39, 0.29) is 5.91 Å². The van der Waals surface area contributed by atoms with E-state index in [9.17, 15) is 4.79 Å². The minimum Gasteiger partial charge on any atom is -0.497 e. The molecule has 0 saturated heterocycles. The van der Waals surface area contributed by atoms with Crippen LogP contribution < -0.4 is 15.0 Å². The van der Waals surface area contributed by atoms with Crippen molar-refractivity contribution in [2.75, 3.05) is 13.7 Å². The smallest absolute Gasteiger partial charge is 0.243 e. The zero-order valence-corrected chi connectivity index (χ0v) is 15.9. The largest absolute Gasteiger partial charge is 0.497 e. The molecule has 0 aliphatic heterocycles. The number of rotatable bonds is 9. The summed E-state index contributed by atoms with van der Waals surface area (Å²) in [6, 6.07) is 17.8. The number of fused-ring (bicyclic) bond motifs is 1. The molecular formula is C22H24N2O4. The summed E-state index contributed by atoms with van der Waals surface area (Å²) in [5.41, 5.74) is 4.50. The van der Waals surface area contributed by atoms with Gasteiger partial charge in [-0.05, 0) is 67.8 Å². The van der Waals surface area contributed by atoms with Crippen LogP contribution in [-0.2, 0) is 4.79 Å². The molecule has 2 aromatic carbocycles. The van der Waals surface area contributed by atoms with Crippen molar-refractivity contribution in [3.8, 4) is 22.8 Å². The number of hydroxylamine groups is 1. The van der Waals surface area contributed by atoms with Crippen LogP contribution >= 0.6 is 0 Å². The maximum absolute atomic E-state index is 10.9. The third-order valence-electron chi connectivity index (χ3n) is 4.49. The molecule has 0 unspecified atom stereocenters. The Labute approximate surface area is 164 Å². The Balaban J connectivity index is 1.57. The first kappa shape index (κ1) is 19.6. The molecule has 28 heavy (non-hydrogen) atoms. The average Bonchev–Trinajstić information content (AvgIpc) is 2.75. The first-order valence-corrected chi connectivity index (χ1v) is 9.30. The van der Waals surface area contributed by atoms with Gasteiger partial charge in [-0.25, -0.2) is 10.5 Å². The maximum Gasteiger partial charge on any atom is 0.243 e. The molecule has 0 aliphatic rings. The van der Waals surface area contributed by atoms with Crippen LogP contribution in [0.4, 0.5) is 0 Å². The Morgan fingerprint density at radius 1 is 1.00 bits per heavy atom. The minimum absolute atomic E-state index is 0.328. The fourth-order valence-electron chi connectivity index (χ4n) is 2.93. The van der Waals surface area contributed by atoms with E-state index in [0.29, 0.717) is 13.0 Å². The maximum atomic E-state index is 10.9. The number of nitrogens with zero attached hydrogens (tertiary/aromatic N) is 1. The van der Waals surface area contributed by atoms with E-state index in [4.69, 9.17) is 19.7 Å². The minimum atomic E-state index is -0.350. The van der Waals surface area contributed by atoms with E-state index in [1.54, 1.807) is 12.6 Å². The number of aromatic nitrogens is 1. The third kappa shape index (κ3) is 5.20. The monoisotopic (exact) mass is 380 g/mol. The van der Waals surface area contributed by atoms with Crippen LogP contribution in [0.25, 0.3) is 22.2 Å². The van der Waals surface area contributed by atoms with Crippen LogP contribution in [0.3, 0.4) is 0 Å². The van der Waals surface area contributed by atoms with Crippen molar-refractivity contribution >= 4 is 16.8 Å². The van der Waals surface area contributed by atoms with Gasteiger partial charge in [0.2, 0.25) is 5.91 Å². The Kier molecular flexibility index (Phi) is 6.81. The van der Waals surface area contributed by atoms with Crippen molar-refractivity contribution in [1.29, 1.82) is 0 Å². The van der Waals surface area contributed by atoms with E-state index in [0.717, 1.165) is 52.9 Å². The van der Waals surface area contributed by atoms with Crippen LogP contribution in [0.1, 0.15) is 25.7 Å². The zero-order valence-electron chi connectivity index (χ0n) is 15.9. The molecule has 0 atom stereocenters. The molecule has 6 heteroatoms. The molecule has 0 spiro atoms. The van der Waals surface area contributed by atoms with Gasteiger partial charge in [-0.3, -0.25) is 10.0 Å². The lowest BCUT2D eigenvalue weighted by Crippen LogP contribution is -2.17. The molecule has 3 aromatic rings. The second-order valence-corrected chi connectivity index (χ2v) is 6.47. The number of unbranched alkanes of at least 4 members (excludes halogenated alkanes) is 2. The number of hydrogen-bond donors (Lipinski definition) is 2. The summed E-state index contributed by atoms with van der Waals surface area (Å²) in [7, 11) is 1.65. The normalized spacial score (nSPS) is 10.6. The first-order chi connectivity index (χ1) is 13.7. The molecular weight excluding hydrogens is 356 g/mol. The fraction of sp³-hybridized carbons (Fsp3) is 0.273. The molecule has 1 heterocycles. The van der Waals surface area contributed by atoms with E-state index in [1.165, 1.54) is 0 Å². The number of ether oxygens (including phenoxy) is 2. The van der Waals surface area contributed by atoms with E-state index in [1.807, 2.05) is 54.6 Å². The number of carbonyl (C=O) groups is 1. The van der Waals surface area contributed by atoms with Gasteiger partial charge in [0.25, 0.3) is 0 Å². The number of hydrogen-bond acceptors (Lipinski definition) is 5. The van der Waals surface area contributed by atoms with Crippen molar-refractivity contribution in [1.82, 2.24) is 10.5 Å². The highest BCUT2D eigenvalue weighted by Crippen LogP contribution is 2.25. The van der Waals surface area contributed by atoms with Crippen molar-refractivity contribution in [2.45, 2.75) is 25.7 Å². The van der Waals surface area contributed by atoms with Crippen molar-refractivity contribution in [3.63, 3.8) is 0 Å². The Morgan fingerprint density at radius 2 is 1.79 bits per heavy atom. The lowest BCUT2D eigenvalue weighted by atomic mass is 10.1. The Bertz CT molecular complexity index is 925. The highest BCUT2D eigenvalue weighted by molar-refractivity contribution is 5.83. The number of carbonyl (C=O) groups excluding carboxylic acids is 1. The molecule has 146 valence electrons. The highest BCUT2D eigenvalue weighted by Gasteiger charge is 2.04. The lowest BCUT2D eigenvalue weighted by Gasteiger charge is -2.08. The Hall–Kier alpha value is -3.12. The van der Waals surface area contributed by atoms with Gasteiger partial charge >= 0.3 is 0 Å². The van der Waals surface area contributed by atoms with Crippen LogP contribution in [0.15, 0.2) is 54.6 Å². The summed E-state index contributed by atoms with van der Waals surface area (Å²) in [4.78, 5) is 15.7. The molecule has 1 aromatic heterocycles. The molecule has 1 amide bonds. The summed E-state index contributed by atoms with van der Waals surface area (Å²) < 4.78 is 11.0. The molecule has 3 rings (SSSR count). The molecule has 0 aliphatic carbocycles. The topological polar surface area (TPSA) is 80.7 Å². The molecule has 0 fully saturated rings. The lowest BCUT2D eigenvalue weighted by molar-refractivity contribution is -0.129. The predicted octanol–water partition coefficient (Wildman–Crippen LogP) is 4.36. The number of amides is 1. The summed E-state index contributed by atoms with van der Waals surface area (Å²) in [5.74, 6) is 1.28. The van der Waals surface area contributed by atoms with Crippen molar-refractivity contribution in [2.24, 2.45) is 0 Å². The van der Waals surface area contributed by atoms with Gasteiger partial charge in [-0.15, -0.1) is 0 Å². The SMILES string of the molecule is COc1ccc(-c2ccc3cc(OCCCCCC(=O)NO)ccc3n2)cc1. The van der Waals surface area contributed by atoms with Gasteiger partial charge in [0.1, 0.15) is 11.5 Å². The molecule has 0 bridgehead atoms. The van der Waals surface area contributed by atoms with Gasteiger partial charge in [-0.1, -0.05) is 6.07 Å². The van der Waals surface area contributed by atoms with Gasteiger partial charge in [-0.2, -0.15) is 0 Å². The van der Waals surface area contributed by atoms with Crippen molar-refractivity contribution < 1.29 is 19.5 Å². The zero-order chi connectivity index (χ0) is 19.8. The van der Waals surface area contributed by atoms with Crippen LogP contribution in [-0.4, -0.2) is 29.8 Å². The van der Waals surface area contributed by atoms with E-state index in [2.05, 4.69) is 0 Å². The molecule has 0 radical (unpaired) electrons. The number of pyridine rings is 1. The second kappa shape index (κ2) is 9.71. The van der Waals surface area contributed by atoms with E-state index < -0.39 is 0 Å². The molecule has 6 nitrogen and oxygen atoms in total. The third-order valence-corrected chi connectivity index (χ3v) is 4.49. The fourth-order valence-corrected chi connectivity index (χ4v) is 2.93. The molecule has 0 saturated carbocycles. The van der Waals surface area contributed by atoms with Crippen LogP contribution in [0, 0.1) is 0 Å². The van der Waals surface area contributed by atoms with Gasteiger partial charge in [0, 0.05) is 17.4 Å².